The van der Waals surface area contributed by atoms with Crippen molar-refractivity contribution in [3.63, 3.8) is 0 Å². The Morgan fingerprint density at radius 2 is 1.86 bits per heavy atom. The van der Waals surface area contributed by atoms with Gasteiger partial charge in [-0.05, 0) is 12.1 Å². The van der Waals surface area contributed by atoms with Crippen LogP contribution in [0.15, 0.2) is 24.5 Å². The lowest BCUT2D eigenvalue weighted by atomic mass is 10.7. The molecule has 0 spiro atoms. The molecular formula is C4H6N2O. The zero-order valence-corrected chi connectivity index (χ0v) is 3.70. The Balaban J connectivity index is 2.76. The Morgan fingerprint density at radius 3 is 2.14 bits per heavy atom. The van der Waals surface area contributed by atoms with Crippen LogP contribution in [0.25, 0.3) is 0 Å². The summed E-state index contributed by atoms with van der Waals surface area (Å²) in [5.41, 5.74) is 1.92. The van der Waals surface area contributed by atoms with E-state index >= 15 is 0 Å². The first kappa shape index (κ1) is 4.21. The monoisotopic (exact) mass is 98.0 g/mol. The number of nitrogens with one attached hydrogen (secondary N) is 1. The van der Waals surface area contributed by atoms with Gasteiger partial charge in [0.2, 0.25) is 0 Å². The molecule has 3 nitrogen and oxygen atoms in total. The van der Waals surface area contributed by atoms with Crippen molar-refractivity contribution in [1.29, 1.82) is 0 Å². The van der Waals surface area contributed by atoms with Crippen molar-refractivity contribution in [1.82, 2.24) is 4.68 Å². The van der Waals surface area contributed by atoms with Crippen molar-refractivity contribution in [2.45, 2.75) is 0 Å². The molecule has 1 aromatic heterocycles. The molecule has 7 heavy (non-hydrogen) atoms. The van der Waals surface area contributed by atoms with Crippen molar-refractivity contribution >= 4 is 0 Å². The van der Waals surface area contributed by atoms with Crippen LogP contribution >= 0.6 is 0 Å². The normalized spacial score (nSPS) is 8.71. The third kappa shape index (κ3) is 0.721. The number of nitrogens with zero attached hydrogens (tertiary/aromatic N) is 1. The van der Waals surface area contributed by atoms with Gasteiger partial charge in [-0.25, -0.2) is 5.59 Å². The second-order valence-corrected chi connectivity index (χ2v) is 1.19. The average Bonchev–Trinajstić information content (AvgIpc) is 2.14. The van der Waals surface area contributed by atoms with Crippen LogP contribution in [0.5, 0.6) is 0 Å². The molecule has 0 aromatic carbocycles. The zero-order valence-electron chi connectivity index (χ0n) is 3.70. The average molecular weight is 98.1 g/mol. The molecule has 0 aliphatic heterocycles. The Morgan fingerprint density at radius 1 is 1.29 bits per heavy atom. The molecule has 0 aliphatic rings. The molecular weight excluding hydrogens is 92.1 g/mol. The second-order valence-electron chi connectivity index (χ2n) is 1.19. The van der Waals surface area contributed by atoms with Gasteiger partial charge in [-0.3, -0.25) is 9.88 Å². The number of rotatable bonds is 1. The van der Waals surface area contributed by atoms with Crippen LogP contribution in [-0.4, -0.2) is 9.88 Å². The van der Waals surface area contributed by atoms with Crippen molar-refractivity contribution in [2.75, 3.05) is 5.59 Å². The molecule has 1 rings (SSSR count). The van der Waals surface area contributed by atoms with Gasteiger partial charge in [-0.15, -0.1) is 0 Å². The first-order valence-electron chi connectivity index (χ1n) is 1.96. The maximum atomic E-state index is 8.14. The molecule has 0 aliphatic carbocycles. The lowest BCUT2D eigenvalue weighted by molar-refractivity contribution is 0.318. The standard InChI is InChI=1S/C4H6N2O/c7-5-6-3-1-2-4-6/h1-5,7H. The van der Waals surface area contributed by atoms with E-state index in [9.17, 15) is 0 Å². The van der Waals surface area contributed by atoms with Crippen LogP contribution in [0.4, 0.5) is 0 Å². The summed E-state index contributed by atoms with van der Waals surface area (Å²) in [4.78, 5) is 0. The minimum Gasteiger partial charge on any atom is -0.275 e. The minimum absolute atomic E-state index is 1.43. The predicted octanol–water partition coefficient (Wildman–Crippen LogP) is 0.421. The van der Waals surface area contributed by atoms with E-state index in [4.69, 9.17) is 5.21 Å². The van der Waals surface area contributed by atoms with E-state index in [2.05, 4.69) is 0 Å². The summed E-state index contributed by atoms with van der Waals surface area (Å²) in [5.74, 6) is 0. The van der Waals surface area contributed by atoms with E-state index in [1.54, 1.807) is 12.4 Å². The van der Waals surface area contributed by atoms with E-state index in [1.165, 1.54) is 4.68 Å². The van der Waals surface area contributed by atoms with E-state index in [-0.39, 0.29) is 0 Å². The van der Waals surface area contributed by atoms with Crippen molar-refractivity contribution < 1.29 is 5.21 Å². The zero-order chi connectivity index (χ0) is 5.11. The SMILES string of the molecule is ONn1cccc1. The lowest BCUT2D eigenvalue weighted by Gasteiger charge is -1.93. The van der Waals surface area contributed by atoms with Crippen LogP contribution in [0.3, 0.4) is 0 Å². The Bertz CT molecular complexity index is 124. The molecule has 0 saturated heterocycles. The first-order valence-corrected chi connectivity index (χ1v) is 1.96. The van der Waals surface area contributed by atoms with Crippen molar-refractivity contribution in [3.05, 3.63) is 24.5 Å². The summed E-state index contributed by atoms with van der Waals surface area (Å²) in [6.45, 7) is 0. The summed E-state index contributed by atoms with van der Waals surface area (Å²) in [6.07, 6.45) is 3.39. The molecule has 0 amide bonds. The molecule has 0 atom stereocenters. The van der Waals surface area contributed by atoms with E-state index in [0.29, 0.717) is 0 Å². The van der Waals surface area contributed by atoms with Crippen LogP contribution in [0, 0.1) is 0 Å². The van der Waals surface area contributed by atoms with Crippen LogP contribution in [0.1, 0.15) is 0 Å². The lowest BCUT2D eigenvalue weighted by Crippen LogP contribution is -2.04. The smallest absolute Gasteiger partial charge is 0.0281 e. The highest BCUT2D eigenvalue weighted by Crippen LogP contribution is 1.81. The summed E-state index contributed by atoms with van der Waals surface area (Å²) in [7, 11) is 0. The molecule has 0 fully saturated rings. The summed E-state index contributed by atoms with van der Waals surface area (Å²) in [6, 6.07) is 3.62. The third-order valence-electron chi connectivity index (χ3n) is 0.720. The molecule has 0 bridgehead atoms. The topological polar surface area (TPSA) is 37.2 Å². The van der Waals surface area contributed by atoms with Crippen LogP contribution in [-0.2, 0) is 0 Å². The Kier molecular flexibility index (Phi) is 0.997. The fourth-order valence-corrected chi connectivity index (χ4v) is 0.401. The van der Waals surface area contributed by atoms with Gasteiger partial charge in [0, 0.05) is 12.4 Å². The van der Waals surface area contributed by atoms with Crippen molar-refractivity contribution in [3.8, 4) is 0 Å². The molecule has 0 unspecified atom stereocenters. The maximum Gasteiger partial charge on any atom is 0.0281 e. The molecule has 3 heteroatoms. The molecule has 2 N–H and O–H groups in total. The third-order valence-corrected chi connectivity index (χ3v) is 0.720. The van der Waals surface area contributed by atoms with Gasteiger partial charge in [0.1, 0.15) is 0 Å². The highest BCUT2D eigenvalue weighted by molar-refractivity contribution is 4.90. The molecule has 0 radical (unpaired) electrons. The molecule has 38 valence electrons. The number of aromatic nitrogens is 1. The van der Waals surface area contributed by atoms with Crippen LogP contribution < -0.4 is 5.59 Å². The largest absolute Gasteiger partial charge is 0.275 e. The molecule has 0 saturated carbocycles. The second kappa shape index (κ2) is 1.66. The van der Waals surface area contributed by atoms with Gasteiger partial charge in [-0.2, -0.15) is 0 Å². The van der Waals surface area contributed by atoms with Gasteiger partial charge in [-0.1, -0.05) is 0 Å². The van der Waals surface area contributed by atoms with Gasteiger partial charge >= 0.3 is 0 Å². The minimum atomic E-state index is 1.43. The maximum absolute atomic E-state index is 8.14. The fraction of sp³-hybridized carbons (Fsp3) is 0. The first-order chi connectivity index (χ1) is 3.43. The Hall–Kier alpha value is -0.960. The van der Waals surface area contributed by atoms with Crippen LogP contribution in [0.2, 0.25) is 0 Å². The van der Waals surface area contributed by atoms with E-state index < -0.39 is 0 Å². The van der Waals surface area contributed by atoms with Gasteiger partial charge in [0.15, 0.2) is 0 Å². The fourth-order valence-electron chi connectivity index (χ4n) is 0.401. The predicted molar refractivity (Wildman–Crippen MR) is 25.6 cm³/mol. The summed E-state index contributed by atoms with van der Waals surface area (Å²) < 4.78 is 1.43. The molecule has 1 heterocycles. The molecule has 1 aromatic rings. The quantitative estimate of drug-likeness (QED) is 0.499. The van der Waals surface area contributed by atoms with Gasteiger partial charge in [0.25, 0.3) is 0 Å². The van der Waals surface area contributed by atoms with Gasteiger partial charge < -0.3 is 0 Å². The highest BCUT2D eigenvalue weighted by atomic mass is 16.5. The van der Waals surface area contributed by atoms with Gasteiger partial charge in [0.05, 0.1) is 0 Å². The number of hydrogen-bond donors (Lipinski definition) is 2. The Labute approximate surface area is 41.1 Å². The highest BCUT2D eigenvalue weighted by Gasteiger charge is 1.74. The van der Waals surface area contributed by atoms with Crippen molar-refractivity contribution in [2.24, 2.45) is 0 Å². The summed E-state index contributed by atoms with van der Waals surface area (Å²) in [5, 5.41) is 8.14. The van der Waals surface area contributed by atoms with E-state index in [0.717, 1.165) is 0 Å². The van der Waals surface area contributed by atoms with E-state index in [1.807, 2.05) is 17.7 Å². The summed E-state index contributed by atoms with van der Waals surface area (Å²) >= 11 is 0. The number of hydrogen-bond acceptors (Lipinski definition) is 2.